The number of halogens is 1. The Kier molecular flexibility index (Phi) is 6.01. The van der Waals surface area contributed by atoms with Crippen LogP contribution in [-0.4, -0.2) is 39.5 Å². The van der Waals surface area contributed by atoms with Crippen molar-refractivity contribution in [3.8, 4) is 0 Å². The van der Waals surface area contributed by atoms with E-state index in [1.54, 1.807) is 13.0 Å². The molecule has 0 amide bonds. The highest BCUT2D eigenvalue weighted by atomic mass is 35.5. The summed E-state index contributed by atoms with van der Waals surface area (Å²) in [4.78, 5) is 0.000203. The van der Waals surface area contributed by atoms with Gasteiger partial charge >= 0.3 is 0 Å². The third-order valence-electron chi connectivity index (χ3n) is 2.82. The number of nitrogens with two attached hydrogens (primary N) is 1. The first-order valence-electron chi connectivity index (χ1n) is 6.00. The summed E-state index contributed by atoms with van der Waals surface area (Å²) in [5, 5.41) is 0.156. The van der Waals surface area contributed by atoms with Gasteiger partial charge in [-0.2, -0.15) is 4.31 Å². The zero-order chi connectivity index (χ0) is 15.3. The third kappa shape index (κ3) is 3.73. The maximum Gasteiger partial charge on any atom is 0.244 e. The quantitative estimate of drug-likeness (QED) is 0.617. The zero-order valence-corrected chi connectivity index (χ0v) is 13.2. The monoisotopic (exact) mass is 318 g/mol. The zero-order valence-electron chi connectivity index (χ0n) is 11.6. The van der Waals surface area contributed by atoms with Crippen LogP contribution in [0.5, 0.6) is 0 Å². The lowest BCUT2D eigenvalue weighted by atomic mass is 10.2. The number of ether oxygens (including phenoxy) is 1. The van der Waals surface area contributed by atoms with Gasteiger partial charge in [-0.1, -0.05) is 17.7 Å². The number of anilines is 1. The number of sulfonamides is 1. The van der Waals surface area contributed by atoms with Gasteiger partial charge in [0.1, 0.15) is 4.90 Å². The first-order chi connectivity index (χ1) is 9.34. The van der Waals surface area contributed by atoms with Crippen molar-refractivity contribution < 1.29 is 13.2 Å². The molecule has 0 atom stereocenters. The average Bonchev–Trinajstić information content (AvgIpc) is 2.38. The normalized spacial score (nSPS) is 11.8. The van der Waals surface area contributed by atoms with Crippen LogP contribution < -0.4 is 5.73 Å². The topological polar surface area (TPSA) is 72.6 Å². The summed E-state index contributed by atoms with van der Waals surface area (Å²) in [6, 6.07) is 2.93. The second-order valence-corrected chi connectivity index (χ2v) is 6.60. The van der Waals surface area contributed by atoms with Gasteiger partial charge in [0.15, 0.2) is 0 Å². The summed E-state index contributed by atoms with van der Waals surface area (Å²) in [5.41, 5.74) is 6.90. The molecule has 0 aliphatic heterocycles. The van der Waals surface area contributed by atoms with E-state index in [1.165, 1.54) is 23.6 Å². The molecule has 7 heteroatoms. The van der Waals surface area contributed by atoms with Crippen molar-refractivity contribution in [3.63, 3.8) is 0 Å². The Bertz CT molecular complexity index is 588. The molecule has 5 nitrogen and oxygen atoms in total. The van der Waals surface area contributed by atoms with Gasteiger partial charge < -0.3 is 10.5 Å². The fourth-order valence-electron chi connectivity index (χ4n) is 1.65. The predicted octanol–water partition coefficient (Wildman–Crippen LogP) is 2.05. The van der Waals surface area contributed by atoms with E-state index in [9.17, 15) is 8.42 Å². The first kappa shape index (κ1) is 17.0. The van der Waals surface area contributed by atoms with Gasteiger partial charge in [-0.15, -0.1) is 6.58 Å². The molecule has 2 N–H and O–H groups in total. The highest BCUT2D eigenvalue weighted by Crippen LogP contribution is 2.29. The van der Waals surface area contributed by atoms with E-state index in [1.807, 2.05) is 0 Å². The van der Waals surface area contributed by atoms with Crippen molar-refractivity contribution in [1.82, 2.24) is 4.31 Å². The predicted molar refractivity (Wildman–Crippen MR) is 81.4 cm³/mol. The van der Waals surface area contributed by atoms with Crippen LogP contribution >= 0.6 is 11.6 Å². The lowest BCUT2D eigenvalue weighted by Crippen LogP contribution is -2.34. The Hall–Kier alpha value is -1.08. The smallest absolute Gasteiger partial charge is 0.244 e. The highest BCUT2D eigenvalue weighted by Gasteiger charge is 2.26. The number of benzene rings is 1. The molecule has 1 aromatic carbocycles. The SMILES string of the molecule is C=CCN(CCOC)S(=O)(=O)c1cc(N)c(C)cc1Cl. The molecule has 0 saturated heterocycles. The maximum atomic E-state index is 12.6. The summed E-state index contributed by atoms with van der Waals surface area (Å²) in [6.07, 6.45) is 1.51. The van der Waals surface area contributed by atoms with Crippen LogP contribution in [0.2, 0.25) is 5.02 Å². The van der Waals surface area contributed by atoms with Crippen LogP contribution in [0.15, 0.2) is 29.7 Å². The molecule has 0 radical (unpaired) electrons. The van der Waals surface area contributed by atoms with E-state index in [2.05, 4.69) is 6.58 Å². The molecule has 112 valence electrons. The number of aryl methyl sites for hydroxylation is 1. The molecule has 1 rings (SSSR count). The van der Waals surface area contributed by atoms with E-state index in [0.29, 0.717) is 5.69 Å². The maximum absolute atomic E-state index is 12.6. The molecule has 0 aliphatic carbocycles. The molecule has 0 aromatic heterocycles. The van der Waals surface area contributed by atoms with E-state index < -0.39 is 10.0 Å². The largest absolute Gasteiger partial charge is 0.398 e. The van der Waals surface area contributed by atoms with Crippen molar-refractivity contribution in [1.29, 1.82) is 0 Å². The van der Waals surface area contributed by atoms with Crippen molar-refractivity contribution >= 4 is 27.3 Å². The third-order valence-corrected chi connectivity index (χ3v) is 5.15. The number of methoxy groups -OCH3 is 1. The lowest BCUT2D eigenvalue weighted by molar-refractivity contribution is 0.182. The summed E-state index contributed by atoms with van der Waals surface area (Å²) in [6.45, 7) is 6.01. The van der Waals surface area contributed by atoms with E-state index >= 15 is 0 Å². The van der Waals surface area contributed by atoms with Crippen LogP contribution in [-0.2, 0) is 14.8 Å². The van der Waals surface area contributed by atoms with Gasteiger partial charge in [-0.05, 0) is 24.6 Å². The molecule has 0 fully saturated rings. The second kappa shape index (κ2) is 7.08. The molecule has 0 heterocycles. The number of nitrogens with zero attached hydrogens (tertiary/aromatic N) is 1. The average molecular weight is 319 g/mol. The number of rotatable bonds is 7. The van der Waals surface area contributed by atoms with E-state index in [-0.39, 0.29) is 29.6 Å². The van der Waals surface area contributed by atoms with Gasteiger partial charge in [0.25, 0.3) is 0 Å². The highest BCUT2D eigenvalue weighted by molar-refractivity contribution is 7.89. The molecule has 0 spiro atoms. The van der Waals surface area contributed by atoms with Gasteiger partial charge in [0.05, 0.1) is 11.6 Å². The summed E-state index contributed by atoms with van der Waals surface area (Å²) in [5.74, 6) is 0. The Morgan fingerprint density at radius 2 is 2.15 bits per heavy atom. The second-order valence-electron chi connectivity index (χ2n) is 4.28. The fourth-order valence-corrected chi connectivity index (χ4v) is 3.64. The minimum absolute atomic E-state index is 0.000203. The number of hydrogen-bond donors (Lipinski definition) is 1. The van der Waals surface area contributed by atoms with E-state index in [0.717, 1.165) is 5.56 Å². The van der Waals surface area contributed by atoms with Crippen LogP contribution in [0.25, 0.3) is 0 Å². The van der Waals surface area contributed by atoms with E-state index in [4.69, 9.17) is 22.1 Å². The van der Waals surface area contributed by atoms with Gasteiger partial charge in [-0.25, -0.2) is 8.42 Å². The van der Waals surface area contributed by atoms with Crippen molar-refractivity contribution in [2.75, 3.05) is 32.5 Å². The van der Waals surface area contributed by atoms with Gasteiger partial charge in [0, 0.05) is 25.9 Å². The Morgan fingerprint density at radius 1 is 1.50 bits per heavy atom. The standard InChI is InChI=1S/C13H19ClN2O3S/c1-4-5-16(6-7-19-3)20(17,18)13-9-12(15)10(2)8-11(13)14/h4,8-9H,1,5-7,15H2,2-3H3. The van der Waals surface area contributed by atoms with Crippen molar-refractivity contribution in [2.24, 2.45) is 0 Å². The van der Waals surface area contributed by atoms with Crippen molar-refractivity contribution in [3.05, 3.63) is 35.4 Å². The lowest BCUT2D eigenvalue weighted by Gasteiger charge is -2.21. The summed E-state index contributed by atoms with van der Waals surface area (Å²) in [7, 11) is -2.23. The molecule has 0 saturated carbocycles. The van der Waals surface area contributed by atoms with Gasteiger partial charge in [0.2, 0.25) is 10.0 Å². The van der Waals surface area contributed by atoms with Crippen LogP contribution in [0.3, 0.4) is 0 Å². The summed E-state index contributed by atoms with van der Waals surface area (Å²) >= 11 is 6.05. The minimum atomic E-state index is -3.74. The molecule has 0 aliphatic rings. The molecule has 0 unspecified atom stereocenters. The number of hydrogen-bond acceptors (Lipinski definition) is 4. The van der Waals surface area contributed by atoms with Crippen LogP contribution in [0.1, 0.15) is 5.56 Å². The van der Waals surface area contributed by atoms with Crippen LogP contribution in [0, 0.1) is 6.92 Å². The molecular formula is C13H19ClN2O3S. The molecule has 20 heavy (non-hydrogen) atoms. The first-order valence-corrected chi connectivity index (χ1v) is 7.82. The molecule has 0 bridgehead atoms. The molecule has 1 aromatic rings. The Balaban J connectivity index is 3.25. The van der Waals surface area contributed by atoms with Gasteiger partial charge in [-0.3, -0.25) is 0 Å². The Labute approximate surface area is 125 Å². The minimum Gasteiger partial charge on any atom is -0.398 e. The number of nitrogen functional groups attached to an aromatic ring is 1. The fraction of sp³-hybridized carbons (Fsp3) is 0.385. The summed E-state index contributed by atoms with van der Waals surface area (Å²) < 4.78 is 31.4. The van der Waals surface area contributed by atoms with Crippen molar-refractivity contribution in [2.45, 2.75) is 11.8 Å². The Morgan fingerprint density at radius 3 is 2.70 bits per heavy atom. The van der Waals surface area contributed by atoms with Crippen LogP contribution in [0.4, 0.5) is 5.69 Å². The molecular weight excluding hydrogens is 300 g/mol.